The van der Waals surface area contributed by atoms with Gasteiger partial charge in [0, 0.05) is 10.4 Å². The van der Waals surface area contributed by atoms with Crippen LogP contribution in [-0.4, -0.2) is 21.3 Å². The van der Waals surface area contributed by atoms with E-state index < -0.39 is 0 Å². The van der Waals surface area contributed by atoms with E-state index in [0.29, 0.717) is 16.9 Å². The van der Waals surface area contributed by atoms with Crippen molar-refractivity contribution in [1.29, 1.82) is 0 Å². The number of hydrogen-bond donors (Lipinski definition) is 2. The third kappa shape index (κ3) is 3.62. The Labute approximate surface area is 192 Å². The Kier molecular flexibility index (Phi) is 5.33. The van der Waals surface area contributed by atoms with Gasteiger partial charge in [0.15, 0.2) is 5.82 Å². The second kappa shape index (κ2) is 8.17. The summed E-state index contributed by atoms with van der Waals surface area (Å²) in [5.41, 5.74) is 5.54. The van der Waals surface area contributed by atoms with E-state index in [9.17, 15) is 5.11 Å². The number of hydrogen-bond acceptors (Lipinski definition) is 6. The molecule has 164 valence electrons. The molecule has 5 rings (SSSR count). The molecular formula is C26H28N4OS. The molecule has 0 fully saturated rings. The molecule has 0 unspecified atom stereocenters. The summed E-state index contributed by atoms with van der Waals surface area (Å²) < 4.78 is 0. The standard InChI is InChI=1S/C26H28N4OS/c1-4-26(2,3)17-10-12-22-19(13-17)23-24(27-15-28-25(23)32-22)30-29-14-20-18-8-6-5-7-16(18)9-11-21(20)31/h5-9,11,14-15,17,31H,4,10,12-13H2,1-3H3,(H,27,28,30)/b29-14-/t17-/m0/s1. The maximum absolute atomic E-state index is 10.4. The Morgan fingerprint density at radius 3 is 2.91 bits per heavy atom. The molecule has 0 amide bonds. The fourth-order valence-corrected chi connectivity index (χ4v) is 5.91. The van der Waals surface area contributed by atoms with Crippen molar-refractivity contribution in [2.24, 2.45) is 16.4 Å². The van der Waals surface area contributed by atoms with E-state index in [-0.39, 0.29) is 5.75 Å². The molecule has 32 heavy (non-hydrogen) atoms. The van der Waals surface area contributed by atoms with Crippen LogP contribution in [0.25, 0.3) is 21.0 Å². The second-order valence-electron chi connectivity index (χ2n) is 9.28. The van der Waals surface area contributed by atoms with E-state index in [2.05, 4.69) is 41.3 Å². The number of phenolic OH excluding ortho intramolecular Hbond substituents is 1. The number of aromatic hydroxyl groups is 1. The number of thiophene rings is 1. The Morgan fingerprint density at radius 2 is 2.06 bits per heavy atom. The highest BCUT2D eigenvalue weighted by Crippen LogP contribution is 2.45. The lowest BCUT2D eigenvalue weighted by Gasteiger charge is -2.36. The average Bonchev–Trinajstić information content (AvgIpc) is 3.19. The van der Waals surface area contributed by atoms with Crippen LogP contribution >= 0.6 is 11.3 Å². The average molecular weight is 445 g/mol. The third-order valence-corrected chi connectivity index (χ3v) is 8.37. The van der Waals surface area contributed by atoms with Gasteiger partial charge >= 0.3 is 0 Å². The van der Waals surface area contributed by atoms with E-state index in [1.165, 1.54) is 23.3 Å². The van der Waals surface area contributed by atoms with Crippen LogP contribution in [-0.2, 0) is 12.8 Å². The van der Waals surface area contributed by atoms with E-state index in [4.69, 9.17) is 0 Å². The van der Waals surface area contributed by atoms with Crippen molar-refractivity contribution in [1.82, 2.24) is 9.97 Å². The molecule has 5 nitrogen and oxygen atoms in total. The van der Waals surface area contributed by atoms with Crippen LogP contribution < -0.4 is 5.43 Å². The first-order chi connectivity index (χ1) is 15.5. The fraction of sp³-hybridized carbons (Fsp3) is 0.346. The minimum atomic E-state index is 0.208. The van der Waals surface area contributed by atoms with Gasteiger partial charge in [0.25, 0.3) is 0 Å². The van der Waals surface area contributed by atoms with Crippen molar-refractivity contribution >= 4 is 44.4 Å². The largest absolute Gasteiger partial charge is 0.507 e. The predicted octanol–water partition coefficient (Wildman–Crippen LogP) is 6.54. The number of nitrogens with one attached hydrogen (secondary N) is 1. The molecule has 0 radical (unpaired) electrons. The molecule has 2 aromatic heterocycles. The minimum absolute atomic E-state index is 0.208. The second-order valence-corrected chi connectivity index (χ2v) is 10.4. The van der Waals surface area contributed by atoms with Gasteiger partial charge in [-0.25, -0.2) is 9.97 Å². The zero-order valence-corrected chi connectivity index (χ0v) is 19.5. The Bertz CT molecular complexity index is 1320. The van der Waals surface area contributed by atoms with Crippen LogP contribution in [0.15, 0.2) is 47.8 Å². The fourth-order valence-electron chi connectivity index (χ4n) is 4.73. The van der Waals surface area contributed by atoms with Crippen LogP contribution in [0.1, 0.15) is 49.6 Å². The normalized spacial score (nSPS) is 16.7. The number of hydrazone groups is 1. The summed E-state index contributed by atoms with van der Waals surface area (Å²) in [7, 11) is 0. The van der Waals surface area contributed by atoms with Gasteiger partial charge in [-0.2, -0.15) is 5.10 Å². The number of rotatable bonds is 5. The molecule has 2 N–H and O–H groups in total. The highest BCUT2D eigenvalue weighted by molar-refractivity contribution is 7.19. The molecule has 0 spiro atoms. The van der Waals surface area contributed by atoms with Crippen LogP contribution in [0.5, 0.6) is 5.75 Å². The molecule has 2 aromatic carbocycles. The van der Waals surface area contributed by atoms with Gasteiger partial charge in [0.1, 0.15) is 16.9 Å². The van der Waals surface area contributed by atoms with E-state index in [0.717, 1.165) is 39.6 Å². The maximum atomic E-state index is 10.4. The van der Waals surface area contributed by atoms with Gasteiger partial charge in [-0.05, 0) is 53.0 Å². The summed E-state index contributed by atoms with van der Waals surface area (Å²) in [6, 6.07) is 11.6. The molecule has 1 atom stereocenters. The number of aromatic nitrogens is 2. The van der Waals surface area contributed by atoms with Crippen molar-refractivity contribution in [3.63, 3.8) is 0 Å². The van der Waals surface area contributed by atoms with Crippen LogP contribution in [0, 0.1) is 11.3 Å². The van der Waals surface area contributed by atoms with Crippen molar-refractivity contribution in [3.05, 3.63) is 58.7 Å². The first-order valence-corrected chi connectivity index (χ1v) is 12.0. The van der Waals surface area contributed by atoms with Gasteiger partial charge in [-0.15, -0.1) is 11.3 Å². The summed E-state index contributed by atoms with van der Waals surface area (Å²) in [4.78, 5) is 11.5. The van der Waals surface area contributed by atoms with E-state index in [1.54, 1.807) is 29.9 Å². The monoisotopic (exact) mass is 444 g/mol. The summed E-state index contributed by atoms with van der Waals surface area (Å²) in [6.07, 6.45) is 7.85. The quantitative estimate of drug-likeness (QED) is 0.271. The molecule has 4 aromatic rings. The molecule has 0 bridgehead atoms. The third-order valence-electron chi connectivity index (χ3n) is 7.17. The van der Waals surface area contributed by atoms with Crippen LogP contribution in [0.3, 0.4) is 0 Å². The maximum Gasteiger partial charge on any atom is 0.158 e. The van der Waals surface area contributed by atoms with Crippen molar-refractivity contribution in [2.75, 3.05) is 5.43 Å². The lowest BCUT2D eigenvalue weighted by molar-refractivity contribution is 0.184. The Hall–Kier alpha value is -2.99. The summed E-state index contributed by atoms with van der Waals surface area (Å²) in [5.74, 6) is 1.60. The first kappa shape index (κ1) is 20.9. The number of phenols is 1. The lowest BCUT2D eigenvalue weighted by Crippen LogP contribution is -2.28. The zero-order valence-electron chi connectivity index (χ0n) is 18.7. The first-order valence-electron chi connectivity index (χ1n) is 11.2. The van der Waals surface area contributed by atoms with Crippen molar-refractivity contribution in [3.8, 4) is 5.75 Å². The van der Waals surface area contributed by atoms with Crippen molar-refractivity contribution < 1.29 is 5.11 Å². The molecule has 0 saturated carbocycles. The summed E-state index contributed by atoms with van der Waals surface area (Å²) in [6.45, 7) is 7.05. The van der Waals surface area contributed by atoms with E-state index in [1.807, 2.05) is 30.3 Å². The van der Waals surface area contributed by atoms with Gasteiger partial charge in [-0.1, -0.05) is 57.5 Å². The van der Waals surface area contributed by atoms with Gasteiger partial charge in [0.05, 0.1) is 11.6 Å². The lowest BCUT2D eigenvalue weighted by atomic mass is 9.69. The van der Waals surface area contributed by atoms with Crippen LogP contribution in [0.2, 0.25) is 0 Å². The molecular weight excluding hydrogens is 416 g/mol. The van der Waals surface area contributed by atoms with Crippen molar-refractivity contribution in [2.45, 2.75) is 46.5 Å². The van der Waals surface area contributed by atoms with Gasteiger partial charge < -0.3 is 5.11 Å². The van der Waals surface area contributed by atoms with E-state index >= 15 is 0 Å². The number of anilines is 1. The van der Waals surface area contributed by atoms with Crippen LogP contribution in [0.4, 0.5) is 5.82 Å². The predicted molar refractivity (Wildman–Crippen MR) is 134 cm³/mol. The summed E-state index contributed by atoms with van der Waals surface area (Å²) >= 11 is 1.79. The molecule has 1 aliphatic carbocycles. The molecule has 6 heteroatoms. The number of nitrogens with zero attached hydrogens (tertiary/aromatic N) is 3. The van der Waals surface area contributed by atoms with Gasteiger partial charge in [0.2, 0.25) is 0 Å². The number of fused-ring (bicyclic) bond motifs is 4. The summed E-state index contributed by atoms with van der Waals surface area (Å²) in [5, 5.41) is 18.0. The number of benzene rings is 2. The molecule has 0 saturated heterocycles. The topological polar surface area (TPSA) is 70.4 Å². The molecule has 1 aliphatic rings. The minimum Gasteiger partial charge on any atom is -0.507 e. The Morgan fingerprint density at radius 1 is 1.22 bits per heavy atom. The molecule has 0 aliphatic heterocycles. The highest BCUT2D eigenvalue weighted by atomic mass is 32.1. The molecule has 2 heterocycles. The Balaban J connectivity index is 1.49. The van der Waals surface area contributed by atoms with Gasteiger partial charge in [-0.3, -0.25) is 5.43 Å². The SMILES string of the molecule is CCC(C)(C)[C@H]1CCc2sc3ncnc(N/N=C\c4c(O)ccc5ccccc45)c3c2C1. The highest BCUT2D eigenvalue weighted by Gasteiger charge is 2.33. The smallest absolute Gasteiger partial charge is 0.158 e. The number of aryl methyl sites for hydroxylation is 1. The zero-order chi connectivity index (χ0) is 22.3.